The highest BCUT2D eigenvalue weighted by Crippen LogP contribution is 2.32. The van der Waals surface area contributed by atoms with E-state index in [2.05, 4.69) is 31.2 Å². The lowest BCUT2D eigenvalue weighted by molar-refractivity contribution is 0.456. The van der Waals surface area contributed by atoms with Crippen molar-refractivity contribution in [3.63, 3.8) is 0 Å². The molecule has 0 amide bonds. The van der Waals surface area contributed by atoms with Crippen molar-refractivity contribution in [2.75, 3.05) is 13.1 Å². The Bertz CT molecular complexity index is 1020. The number of sulfonamides is 1. The fourth-order valence-corrected chi connectivity index (χ4v) is 5.79. The van der Waals surface area contributed by atoms with E-state index in [4.69, 9.17) is 0 Å². The average molecular weight is 435 g/mol. The van der Waals surface area contributed by atoms with E-state index in [0.717, 1.165) is 17.5 Å². The molecule has 8 heteroatoms. The van der Waals surface area contributed by atoms with Gasteiger partial charge in [-0.15, -0.1) is 0 Å². The van der Waals surface area contributed by atoms with Crippen LogP contribution in [0.2, 0.25) is 0 Å². The maximum absolute atomic E-state index is 13.2. The van der Waals surface area contributed by atoms with E-state index >= 15 is 0 Å². The lowest BCUT2D eigenvalue weighted by Gasteiger charge is -2.18. The Morgan fingerprint density at radius 2 is 2.15 bits per heavy atom. The highest BCUT2D eigenvalue weighted by molar-refractivity contribution is 9.10. The molecule has 3 heterocycles. The van der Waals surface area contributed by atoms with Crippen molar-refractivity contribution >= 4 is 36.7 Å². The minimum absolute atomic E-state index is 0.146. The fraction of sp³-hybridized carbons (Fsp3) is 0.278. The minimum atomic E-state index is -3.57. The standard InChI is InChI=1S/C18H19BrN4O2S/c19-16-11-20-9-13-3-1-5-17(18(13)16)26(24,25)23-8-6-15(12-23)22-10-14-4-2-7-21-14/h1-5,7,9,11,15,21-22H,6,8,10,12H2. The zero-order valence-electron chi connectivity index (χ0n) is 14.0. The lowest BCUT2D eigenvalue weighted by Crippen LogP contribution is -2.35. The summed E-state index contributed by atoms with van der Waals surface area (Å²) >= 11 is 3.45. The summed E-state index contributed by atoms with van der Waals surface area (Å²) in [6.45, 7) is 1.70. The van der Waals surface area contributed by atoms with Crippen LogP contribution in [0.3, 0.4) is 0 Å². The van der Waals surface area contributed by atoms with Gasteiger partial charge in [0.1, 0.15) is 0 Å². The molecule has 1 aliphatic heterocycles. The average Bonchev–Trinajstić information content (AvgIpc) is 3.32. The number of nitrogens with one attached hydrogen (secondary N) is 2. The molecule has 136 valence electrons. The molecule has 1 atom stereocenters. The van der Waals surface area contributed by atoms with E-state index in [1.54, 1.807) is 28.8 Å². The van der Waals surface area contributed by atoms with Gasteiger partial charge in [-0.2, -0.15) is 4.31 Å². The molecule has 1 aromatic carbocycles. The van der Waals surface area contributed by atoms with Gasteiger partial charge in [0.15, 0.2) is 0 Å². The third-order valence-corrected chi connectivity index (χ3v) is 7.22. The maximum Gasteiger partial charge on any atom is 0.243 e. The van der Waals surface area contributed by atoms with Crippen LogP contribution in [0.1, 0.15) is 12.1 Å². The van der Waals surface area contributed by atoms with Crippen LogP contribution < -0.4 is 5.32 Å². The van der Waals surface area contributed by atoms with Crippen LogP contribution in [0.4, 0.5) is 0 Å². The zero-order valence-corrected chi connectivity index (χ0v) is 16.4. The summed E-state index contributed by atoms with van der Waals surface area (Å²) in [5.74, 6) is 0. The molecule has 1 fully saturated rings. The van der Waals surface area contributed by atoms with Crippen LogP contribution in [0.25, 0.3) is 10.8 Å². The Kier molecular flexibility index (Phi) is 4.83. The van der Waals surface area contributed by atoms with Gasteiger partial charge in [-0.3, -0.25) is 4.98 Å². The van der Waals surface area contributed by atoms with Gasteiger partial charge >= 0.3 is 0 Å². The van der Waals surface area contributed by atoms with E-state index in [0.29, 0.717) is 34.4 Å². The zero-order chi connectivity index (χ0) is 18.1. The predicted octanol–water partition coefficient (Wildman–Crippen LogP) is 2.88. The number of halogens is 1. The van der Waals surface area contributed by atoms with Gasteiger partial charge in [0.25, 0.3) is 0 Å². The maximum atomic E-state index is 13.2. The molecular weight excluding hydrogens is 416 g/mol. The SMILES string of the molecule is O=S(=O)(c1cccc2cncc(Br)c12)N1CCC(NCc2ccc[nH]2)C1. The monoisotopic (exact) mass is 434 g/mol. The van der Waals surface area contributed by atoms with Gasteiger partial charge < -0.3 is 10.3 Å². The number of pyridine rings is 1. The van der Waals surface area contributed by atoms with Crippen molar-refractivity contribution in [1.29, 1.82) is 0 Å². The molecular formula is C18H19BrN4O2S. The van der Waals surface area contributed by atoms with Gasteiger partial charge in [0.2, 0.25) is 10.0 Å². The number of benzene rings is 1. The van der Waals surface area contributed by atoms with Gasteiger partial charge in [-0.05, 0) is 40.5 Å². The van der Waals surface area contributed by atoms with E-state index in [-0.39, 0.29) is 6.04 Å². The molecule has 1 unspecified atom stereocenters. The molecule has 0 aliphatic carbocycles. The van der Waals surface area contributed by atoms with Gasteiger partial charge in [0, 0.05) is 65.2 Å². The third kappa shape index (κ3) is 3.29. The first kappa shape index (κ1) is 17.7. The van der Waals surface area contributed by atoms with Gasteiger partial charge in [-0.25, -0.2) is 8.42 Å². The second-order valence-corrected chi connectivity index (χ2v) is 9.16. The Balaban J connectivity index is 1.56. The first-order valence-corrected chi connectivity index (χ1v) is 10.7. The largest absolute Gasteiger partial charge is 0.364 e. The normalized spacial score (nSPS) is 18.6. The molecule has 0 saturated carbocycles. The highest BCUT2D eigenvalue weighted by atomic mass is 79.9. The van der Waals surface area contributed by atoms with Crippen molar-refractivity contribution in [3.8, 4) is 0 Å². The summed E-state index contributed by atoms with van der Waals surface area (Å²) in [7, 11) is -3.57. The number of H-pyrrole nitrogens is 1. The molecule has 0 bridgehead atoms. The molecule has 0 spiro atoms. The smallest absolute Gasteiger partial charge is 0.243 e. The molecule has 26 heavy (non-hydrogen) atoms. The van der Waals surface area contributed by atoms with Crippen LogP contribution in [0.5, 0.6) is 0 Å². The summed E-state index contributed by atoms with van der Waals surface area (Å²) < 4.78 is 28.7. The Morgan fingerprint density at radius 3 is 2.96 bits per heavy atom. The summed E-state index contributed by atoms with van der Waals surface area (Å²) in [5, 5.41) is 4.92. The second-order valence-electron chi connectivity index (χ2n) is 6.40. The quantitative estimate of drug-likeness (QED) is 0.646. The molecule has 1 saturated heterocycles. The number of hydrogen-bond acceptors (Lipinski definition) is 4. The second kappa shape index (κ2) is 7.11. The van der Waals surface area contributed by atoms with Crippen LogP contribution in [-0.4, -0.2) is 41.8 Å². The van der Waals surface area contributed by atoms with E-state index in [9.17, 15) is 8.42 Å². The van der Waals surface area contributed by atoms with Gasteiger partial charge in [0.05, 0.1) is 4.90 Å². The molecule has 2 aromatic heterocycles. The molecule has 3 aromatic rings. The van der Waals surface area contributed by atoms with E-state index < -0.39 is 10.0 Å². The third-order valence-electron chi connectivity index (χ3n) is 4.71. The minimum Gasteiger partial charge on any atom is -0.364 e. The van der Waals surface area contributed by atoms with Crippen LogP contribution in [0.15, 0.2) is 58.3 Å². The van der Waals surface area contributed by atoms with Crippen molar-refractivity contribution in [3.05, 3.63) is 59.1 Å². The van der Waals surface area contributed by atoms with Crippen molar-refractivity contribution in [1.82, 2.24) is 19.6 Å². The van der Waals surface area contributed by atoms with Crippen LogP contribution >= 0.6 is 15.9 Å². The summed E-state index contributed by atoms with van der Waals surface area (Å²) in [6.07, 6.45) is 6.00. The first-order valence-electron chi connectivity index (χ1n) is 8.44. The predicted molar refractivity (Wildman–Crippen MR) is 104 cm³/mol. The van der Waals surface area contributed by atoms with E-state index in [1.807, 2.05) is 24.4 Å². The lowest BCUT2D eigenvalue weighted by atomic mass is 10.2. The van der Waals surface area contributed by atoms with Gasteiger partial charge in [-0.1, -0.05) is 12.1 Å². The Hall–Kier alpha value is -1.74. The first-order chi connectivity index (χ1) is 12.6. The summed E-state index contributed by atoms with van der Waals surface area (Å²) in [4.78, 5) is 7.60. The van der Waals surface area contributed by atoms with E-state index in [1.165, 1.54) is 0 Å². The van der Waals surface area contributed by atoms with Crippen LogP contribution in [-0.2, 0) is 16.6 Å². The van der Waals surface area contributed by atoms with Crippen molar-refractivity contribution in [2.24, 2.45) is 0 Å². The number of rotatable bonds is 5. The van der Waals surface area contributed by atoms with Crippen molar-refractivity contribution in [2.45, 2.75) is 23.9 Å². The number of aromatic nitrogens is 2. The summed E-state index contributed by atoms with van der Waals surface area (Å²) in [5.41, 5.74) is 1.09. The fourth-order valence-electron chi connectivity index (χ4n) is 3.36. The number of hydrogen-bond donors (Lipinski definition) is 2. The molecule has 6 nitrogen and oxygen atoms in total. The highest BCUT2D eigenvalue weighted by Gasteiger charge is 2.33. The number of fused-ring (bicyclic) bond motifs is 1. The Morgan fingerprint density at radius 1 is 1.27 bits per heavy atom. The molecule has 0 radical (unpaired) electrons. The molecule has 2 N–H and O–H groups in total. The topological polar surface area (TPSA) is 78.1 Å². The van der Waals surface area contributed by atoms with Crippen molar-refractivity contribution < 1.29 is 8.42 Å². The summed E-state index contributed by atoms with van der Waals surface area (Å²) in [6, 6.07) is 9.42. The Labute approximate surface area is 160 Å². The number of aromatic amines is 1. The molecule has 4 rings (SSSR count). The molecule has 1 aliphatic rings. The number of nitrogens with zero attached hydrogens (tertiary/aromatic N) is 2. The van der Waals surface area contributed by atoms with Crippen LogP contribution in [0, 0.1) is 0 Å².